The predicted octanol–water partition coefficient (Wildman–Crippen LogP) is 6.07. The number of anilines is 1. The number of hydrogen-bond acceptors (Lipinski definition) is 7. The molecule has 0 saturated carbocycles. The first-order valence-electron chi connectivity index (χ1n) is 16.3. The SMILES string of the molecule is CCC(CCOC)N1CCc2cc(COc3c(C)cccc3-c3cccc(N4CCC(C(=O)O)CC4)n3)cc(C)c2CC1.CO. The third-order valence-corrected chi connectivity index (χ3v) is 9.36. The van der Waals surface area contributed by atoms with Crippen LogP contribution in [0.2, 0.25) is 0 Å². The molecule has 2 aromatic carbocycles. The molecule has 1 atom stereocenters. The minimum atomic E-state index is -0.697. The molecule has 3 aromatic rings. The summed E-state index contributed by atoms with van der Waals surface area (Å²) in [5, 5.41) is 16.4. The van der Waals surface area contributed by atoms with Gasteiger partial charge in [0.25, 0.3) is 0 Å². The Bertz CT molecular complexity index is 1400. The van der Waals surface area contributed by atoms with E-state index in [1.165, 1.54) is 22.3 Å². The summed E-state index contributed by atoms with van der Waals surface area (Å²) >= 11 is 0. The van der Waals surface area contributed by atoms with Crippen molar-refractivity contribution >= 4 is 11.8 Å². The van der Waals surface area contributed by atoms with Gasteiger partial charge < -0.3 is 24.6 Å². The van der Waals surface area contributed by atoms with Gasteiger partial charge >= 0.3 is 5.97 Å². The predicted molar refractivity (Wildman–Crippen MR) is 180 cm³/mol. The number of rotatable bonds is 11. The van der Waals surface area contributed by atoms with Gasteiger partial charge in [-0.3, -0.25) is 9.69 Å². The van der Waals surface area contributed by atoms with Crippen LogP contribution in [0.15, 0.2) is 48.5 Å². The molecule has 8 heteroatoms. The number of para-hydroxylation sites is 1. The monoisotopic (exact) mass is 617 g/mol. The molecule has 3 heterocycles. The summed E-state index contributed by atoms with van der Waals surface area (Å²) in [6, 6.07) is 17.5. The summed E-state index contributed by atoms with van der Waals surface area (Å²) in [5.41, 5.74) is 8.43. The quantitative estimate of drug-likeness (QED) is 0.268. The zero-order valence-corrected chi connectivity index (χ0v) is 27.7. The Morgan fingerprint density at radius 3 is 2.44 bits per heavy atom. The maximum absolute atomic E-state index is 11.4. The average Bonchev–Trinajstić information content (AvgIpc) is 3.29. The van der Waals surface area contributed by atoms with E-state index in [-0.39, 0.29) is 5.92 Å². The molecule has 2 N–H and O–H groups in total. The summed E-state index contributed by atoms with van der Waals surface area (Å²) in [5.74, 6) is 0.787. The van der Waals surface area contributed by atoms with Gasteiger partial charge in [-0.15, -0.1) is 0 Å². The number of nitrogens with zero attached hydrogens (tertiary/aromatic N) is 3. The second-order valence-electron chi connectivity index (χ2n) is 12.2. The van der Waals surface area contributed by atoms with Gasteiger partial charge in [0.05, 0.1) is 11.6 Å². The smallest absolute Gasteiger partial charge is 0.306 e. The van der Waals surface area contributed by atoms with Crippen molar-refractivity contribution in [3.8, 4) is 17.0 Å². The third-order valence-electron chi connectivity index (χ3n) is 9.36. The summed E-state index contributed by atoms with van der Waals surface area (Å²) in [6.45, 7) is 11.5. The molecule has 1 fully saturated rings. The van der Waals surface area contributed by atoms with Crippen LogP contribution in [0.4, 0.5) is 5.82 Å². The van der Waals surface area contributed by atoms with E-state index in [9.17, 15) is 9.90 Å². The molecule has 0 bridgehead atoms. The van der Waals surface area contributed by atoms with E-state index < -0.39 is 5.97 Å². The van der Waals surface area contributed by atoms with Gasteiger partial charge in [-0.1, -0.05) is 37.3 Å². The largest absolute Gasteiger partial charge is 0.488 e. The average molecular weight is 618 g/mol. The molecular formula is C37H51N3O5. The number of benzene rings is 2. The van der Waals surface area contributed by atoms with Crippen molar-refractivity contribution in [1.82, 2.24) is 9.88 Å². The zero-order chi connectivity index (χ0) is 32.3. The van der Waals surface area contributed by atoms with E-state index in [0.717, 1.165) is 80.9 Å². The topological polar surface area (TPSA) is 95.4 Å². The van der Waals surface area contributed by atoms with E-state index in [1.807, 2.05) is 18.2 Å². The van der Waals surface area contributed by atoms with Crippen molar-refractivity contribution in [2.24, 2.45) is 5.92 Å². The van der Waals surface area contributed by atoms with Gasteiger partial charge in [-0.05, 0) is 98.4 Å². The van der Waals surface area contributed by atoms with Crippen LogP contribution in [-0.2, 0) is 29.0 Å². The number of aryl methyl sites for hydroxylation is 2. The van der Waals surface area contributed by atoms with Crippen LogP contribution in [0, 0.1) is 19.8 Å². The Balaban J connectivity index is 0.00000226. The lowest BCUT2D eigenvalue weighted by Crippen LogP contribution is -2.37. The molecule has 8 nitrogen and oxygen atoms in total. The maximum Gasteiger partial charge on any atom is 0.306 e. The van der Waals surface area contributed by atoms with Crippen molar-refractivity contribution in [1.29, 1.82) is 0 Å². The zero-order valence-electron chi connectivity index (χ0n) is 27.7. The fourth-order valence-electron chi connectivity index (χ4n) is 6.84. The minimum absolute atomic E-state index is 0.263. The van der Waals surface area contributed by atoms with Crippen molar-refractivity contribution in [3.63, 3.8) is 0 Å². The van der Waals surface area contributed by atoms with Crippen LogP contribution in [0.25, 0.3) is 11.3 Å². The first kappa shape index (κ1) is 34.4. The molecule has 2 aliphatic rings. The Labute approximate surface area is 269 Å². The fraction of sp³-hybridized carbons (Fsp3) is 0.514. The van der Waals surface area contributed by atoms with Crippen LogP contribution in [-0.4, -0.2) is 79.1 Å². The third kappa shape index (κ3) is 8.63. The standard InChI is InChI=1S/C36H47N3O4.CH4O/c1-5-30(16-21-42-4)38-17-14-29-23-27(22-26(3)31(29)15-20-38)24-43-35-25(2)8-6-9-32(35)33-10-7-11-34(37-33)39-18-12-28(13-19-39)36(40)41;1-2/h6-11,22-23,28,30H,5,12-21,24H2,1-4H3,(H,40,41);2H,1H3. The van der Waals surface area contributed by atoms with Gasteiger partial charge in [-0.2, -0.15) is 0 Å². The van der Waals surface area contributed by atoms with Crippen molar-refractivity contribution in [2.75, 3.05) is 51.9 Å². The van der Waals surface area contributed by atoms with Crippen molar-refractivity contribution in [3.05, 3.63) is 76.3 Å². The first-order chi connectivity index (χ1) is 21.9. The number of aliphatic hydroxyl groups excluding tert-OH is 1. The fourth-order valence-corrected chi connectivity index (χ4v) is 6.84. The summed E-state index contributed by atoms with van der Waals surface area (Å²) in [6.07, 6.45) is 5.67. The molecular weight excluding hydrogens is 566 g/mol. The number of methoxy groups -OCH3 is 1. The number of pyridine rings is 1. The van der Waals surface area contributed by atoms with Crippen molar-refractivity contribution in [2.45, 2.75) is 71.9 Å². The number of aliphatic carboxylic acids is 1. The number of aromatic nitrogens is 1. The minimum Gasteiger partial charge on any atom is -0.488 e. The van der Waals surface area contributed by atoms with Gasteiger partial charge in [-0.25, -0.2) is 4.98 Å². The van der Waals surface area contributed by atoms with Gasteiger partial charge in [0.15, 0.2) is 0 Å². The number of piperidine rings is 1. The molecule has 2 aliphatic heterocycles. The van der Waals surface area contributed by atoms with Crippen LogP contribution in [0.5, 0.6) is 5.75 Å². The van der Waals surface area contributed by atoms with Crippen LogP contribution in [0.3, 0.4) is 0 Å². The molecule has 1 saturated heterocycles. The van der Waals surface area contributed by atoms with Crippen LogP contribution in [0.1, 0.15) is 60.4 Å². The number of hydrogen-bond donors (Lipinski definition) is 2. The number of carboxylic acid groups (broad SMARTS) is 1. The van der Waals surface area contributed by atoms with E-state index in [0.29, 0.717) is 38.6 Å². The van der Waals surface area contributed by atoms with Gasteiger partial charge in [0.1, 0.15) is 18.2 Å². The Morgan fingerprint density at radius 2 is 1.73 bits per heavy atom. The number of aliphatic hydroxyl groups is 1. The molecule has 244 valence electrons. The van der Waals surface area contributed by atoms with E-state index in [1.54, 1.807) is 7.11 Å². The highest BCUT2D eigenvalue weighted by molar-refractivity contribution is 5.71. The van der Waals surface area contributed by atoms with Gasteiger partial charge in [0.2, 0.25) is 0 Å². The lowest BCUT2D eigenvalue weighted by molar-refractivity contribution is -0.142. The number of carbonyl (C=O) groups is 1. The number of ether oxygens (including phenoxy) is 2. The second-order valence-corrected chi connectivity index (χ2v) is 12.2. The highest BCUT2D eigenvalue weighted by Crippen LogP contribution is 2.34. The normalized spacial score (nSPS) is 16.3. The molecule has 1 unspecified atom stereocenters. The Morgan fingerprint density at radius 1 is 1.00 bits per heavy atom. The van der Waals surface area contributed by atoms with Crippen LogP contribution >= 0.6 is 0 Å². The first-order valence-corrected chi connectivity index (χ1v) is 16.3. The molecule has 0 aliphatic carbocycles. The number of fused-ring (bicyclic) bond motifs is 1. The molecule has 5 rings (SSSR count). The lowest BCUT2D eigenvalue weighted by atomic mass is 9.95. The van der Waals surface area contributed by atoms with Crippen LogP contribution < -0.4 is 9.64 Å². The van der Waals surface area contributed by atoms with E-state index in [4.69, 9.17) is 19.6 Å². The van der Waals surface area contributed by atoms with Gasteiger partial charge in [0, 0.05) is 58.6 Å². The molecule has 0 amide bonds. The highest BCUT2D eigenvalue weighted by Gasteiger charge is 2.26. The summed E-state index contributed by atoms with van der Waals surface area (Å²) < 4.78 is 12.0. The molecule has 45 heavy (non-hydrogen) atoms. The Hall–Kier alpha value is -3.46. The Kier molecular flexibility index (Phi) is 12.8. The number of carboxylic acids is 1. The van der Waals surface area contributed by atoms with E-state index in [2.05, 4.69) is 60.9 Å². The van der Waals surface area contributed by atoms with E-state index >= 15 is 0 Å². The summed E-state index contributed by atoms with van der Waals surface area (Å²) in [7, 11) is 2.79. The van der Waals surface area contributed by atoms with Crippen molar-refractivity contribution < 1.29 is 24.5 Å². The maximum atomic E-state index is 11.4. The highest BCUT2D eigenvalue weighted by atomic mass is 16.5. The molecule has 1 aromatic heterocycles. The molecule has 0 radical (unpaired) electrons. The summed E-state index contributed by atoms with van der Waals surface area (Å²) in [4.78, 5) is 21.3. The lowest BCUT2D eigenvalue weighted by Gasteiger charge is -2.31. The molecule has 0 spiro atoms. The second kappa shape index (κ2) is 16.7.